The molecular formula is C26H25F6N3O3. The molecule has 6 nitrogen and oxygen atoms in total. The predicted octanol–water partition coefficient (Wildman–Crippen LogP) is 6.80. The highest BCUT2D eigenvalue weighted by Crippen LogP contribution is 2.39. The fraction of sp³-hybridized carbons (Fsp3) is 0.385. The van der Waals surface area contributed by atoms with E-state index in [9.17, 15) is 31.1 Å². The van der Waals surface area contributed by atoms with Crippen molar-refractivity contribution in [2.24, 2.45) is 5.92 Å². The normalized spacial score (nSPS) is 17.5. The largest absolute Gasteiger partial charge is 0.493 e. The van der Waals surface area contributed by atoms with Gasteiger partial charge in [0.1, 0.15) is 6.61 Å². The minimum Gasteiger partial charge on any atom is -0.493 e. The van der Waals surface area contributed by atoms with Crippen molar-refractivity contribution in [2.75, 3.05) is 20.2 Å². The lowest BCUT2D eigenvalue weighted by molar-refractivity contribution is -0.143. The molecule has 2 aromatic rings. The first-order chi connectivity index (χ1) is 17.8. The molecular weight excluding hydrogens is 516 g/mol. The average Bonchev–Trinajstić information content (AvgIpc) is 3.64. The van der Waals surface area contributed by atoms with Gasteiger partial charge >= 0.3 is 18.4 Å². The third-order valence-corrected chi connectivity index (χ3v) is 6.34. The molecule has 1 aliphatic heterocycles. The van der Waals surface area contributed by atoms with Crippen LogP contribution in [0, 0.1) is 11.3 Å². The Bertz CT molecular complexity index is 1270. The highest BCUT2D eigenvalue weighted by molar-refractivity contribution is 6.15. The molecule has 2 fully saturated rings. The third kappa shape index (κ3) is 5.73. The van der Waals surface area contributed by atoms with Gasteiger partial charge in [-0.25, -0.2) is 4.79 Å². The van der Waals surface area contributed by atoms with Gasteiger partial charge < -0.3 is 9.47 Å². The van der Waals surface area contributed by atoms with E-state index in [1.54, 1.807) is 30.0 Å². The summed E-state index contributed by atoms with van der Waals surface area (Å²) in [5.74, 6) is 0.700. The number of benzene rings is 2. The number of ether oxygens (including phenoxy) is 2. The average molecular weight is 541 g/mol. The lowest BCUT2D eigenvalue weighted by atomic mass is 10.0. The smallest absolute Gasteiger partial charge is 0.416 e. The van der Waals surface area contributed by atoms with Gasteiger partial charge in [-0.3, -0.25) is 15.2 Å². The summed E-state index contributed by atoms with van der Waals surface area (Å²) in [5, 5.41) is 8.44. The molecule has 1 aliphatic carbocycles. The first-order valence-corrected chi connectivity index (χ1v) is 11.8. The Kier molecular flexibility index (Phi) is 7.35. The Morgan fingerprint density at radius 1 is 1.00 bits per heavy atom. The van der Waals surface area contributed by atoms with Crippen molar-refractivity contribution >= 4 is 17.9 Å². The molecule has 4 rings (SSSR count). The van der Waals surface area contributed by atoms with Crippen LogP contribution in [0.5, 0.6) is 11.5 Å². The van der Waals surface area contributed by atoms with Gasteiger partial charge in [0.2, 0.25) is 0 Å². The molecule has 1 saturated carbocycles. The van der Waals surface area contributed by atoms with Crippen molar-refractivity contribution in [3.8, 4) is 11.5 Å². The molecule has 0 radical (unpaired) electrons. The molecule has 204 valence electrons. The van der Waals surface area contributed by atoms with Crippen LogP contribution in [0.3, 0.4) is 0 Å². The lowest BCUT2D eigenvalue weighted by Gasteiger charge is -2.18. The Hall–Kier alpha value is -3.70. The fourth-order valence-corrected chi connectivity index (χ4v) is 4.13. The minimum atomic E-state index is -5.01. The second-order valence-corrected chi connectivity index (χ2v) is 9.03. The van der Waals surface area contributed by atoms with E-state index >= 15 is 0 Å². The zero-order chi connectivity index (χ0) is 27.8. The maximum atomic E-state index is 13.5. The summed E-state index contributed by atoms with van der Waals surface area (Å²) in [4.78, 5) is 15.7. The molecule has 0 unspecified atom stereocenters. The molecule has 0 atom stereocenters. The first kappa shape index (κ1) is 27.3. The van der Waals surface area contributed by atoms with Crippen molar-refractivity contribution in [1.29, 1.82) is 5.41 Å². The van der Waals surface area contributed by atoms with Gasteiger partial charge in [-0.2, -0.15) is 26.3 Å². The number of carbonyl (C=O) groups excluding carboxylic acids is 1. The molecule has 12 heteroatoms. The SMILES string of the molecule is CCN1C(=N)C(=Cc2ccc(OCc3ccc(C(F)(F)F)cc3C(F)(F)F)c(OC)c2)N(CC2CC2)C1=O. The standard InChI is InChI=1S/C26H25F6N3O3/c1-3-34-23(33)20(35(24(34)36)13-15-4-5-15)10-16-6-9-21(22(11-16)37-2)38-14-17-7-8-18(25(27,28)29)12-19(17)26(30,31)32/h6-12,15,33H,3-5,13-14H2,1-2H3. The molecule has 38 heavy (non-hydrogen) atoms. The van der Waals surface area contributed by atoms with Crippen LogP contribution in [0.15, 0.2) is 42.1 Å². The Morgan fingerprint density at radius 2 is 1.71 bits per heavy atom. The Morgan fingerprint density at radius 3 is 2.29 bits per heavy atom. The molecule has 1 heterocycles. The van der Waals surface area contributed by atoms with Crippen LogP contribution in [0.25, 0.3) is 6.08 Å². The van der Waals surface area contributed by atoms with Gasteiger partial charge in [-0.1, -0.05) is 12.1 Å². The molecule has 0 spiro atoms. The van der Waals surface area contributed by atoms with E-state index in [1.807, 2.05) is 0 Å². The summed E-state index contributed by atoms with van der Waals surface area (Å²) in [6.07, 6.45) is -6.24. The number of hydrogen-bond acceptors (Lipinski definition) is 4. The summed E-state index contributed by atoms with van der Waals surface area (Å²) in [6, 6.07) is 5.70. The molecule has 0 bridgehead atoms. The minimum absolute atomic E-state index is 0.0655. The van der Waals surface area contributed by atoms with Crippen molar-refractivity contribution in [1.82, 2.24) is 9.80 Å². The van der Waals surface area contributed by atoms with Crippen molar-refractivity contribution in [3.05, 3.63) is 64.3 Å². The lowest BCUT2D eigenvalue weighted by Crippen LogP contribution is -2.33. The summed E-state index contributed by atoms with van der Waals surface area (Å²) in [6.45, 7) is 1.98. The third-order valence-electron chi connectivity index (χ3n) is 6.34. The summed E-state index contributed by atoms with van der Waals surface area (Å²) >= 11 is 0. The summed E-state index contributed by atoms with van der Waals surface area (Å²) in [7, 11) is 1.33. The van der Waals surface area contributed by atoms with Crippen LogP contribution in [-0.2, 0) is 19.0 Å². The number of urea groups is 1. The fourth-order valence-electron chi connectivity index (χ4n) is 4.13. The number of methoxy groups -OCH3 is 1. The van der Waals surface area contributed by atoms with Crippen LogP contribution in [0.2, 0.25) is 0 Å². The van der Waals surface area contributed by atoms with E-state index in [0.29, 0.717) is 36.3 Å². The Balaban J connectivity index is 1.58. The second-order valence-electron chi connectivity index (χ2n) is 9.03. The van der Waals surface area contributed by atoms with Gasteiger partial charge in [0.05, 0.1) is 23.9 Å². The summed E-state index contributed by atoms with van der Waals surface area (Å²) < 4.78 is 90.0. The molecule has 0 aromatic heterocycles. The second kappa shape index (κ2) is 10.2. The molecule has 2 amide bonds. The van der Waals surface area contributed by atoms with Gasteiger partial charge in [0.15, 0.2) is 17.3 Å². The monoisotopic (exact) mass is 541 g/mol. The maximum Gasteiger partial charge on any atom is 0.416 e. The molecule has 1 N–H and O–H groups in total. The number of amidine groups is 1. The number of halogens is 6. The van der Waals surface area contributed by atoms with Crippen LogP contribution >= 0.6 is 0 Å². The van der Waals surface area contributed by atoms with E-state index in [2.05, 4.69) is 0 Å². The van der Waals surface area contributed by atoms with E-state index < -0.39 is 35.6 Å². The summed E-state index contributed by atoms with van der Waals surface area (Å²) in [5.41, 5.74) is -2.32. The first-order valence-electron chi connectivity index (χ1n) is 11.8. The molecule has 1 saturated heterocycles. The predicted molar refractivity (Wildman–Crippen MR) is 127 cm³/mol. The van der Waals surface area contributed by atoms with Crippen LogP contribution in [-0.4, -0.2) is 41.9 Å². The van der Waals surface area contributed by atoms with Crippen molar-refractivity contribution in [3.63, 3.8) is 0 Å². The number of likely N-dealkylation sites (N-methyl/N-ethyl adjacent to an activating group) is 1. The number of carbonyl (C=O) groups is 1. The van der Waals surface area contributed by atoms with E-state index in [0.717, 1.165) is 18.9 Å². The quantitative estimate of drug-likeness (QED) is 0.374. The van der Waals surface area contributed by atoms with Crippen molar-refractivity contribution < 1.29 is 40.6 Å². The topological polar surface area (TPSA) is 65.9 Å². The Labute approximate surface area is 214 Å². The van der Waals surface area contributed by atoms with Gasteiger partial charge in [-0.05, 0) is 61.6 Å². The van der Waals surface area contributed by atoms with E-state index in [-0.39, 0.29) is 29.4 Å². The van der Waals surface area contributed by atoms with Crippen LogP contribution in [0.4, 0.5) is 31.1 Å². The number of amides is 2. The van der Waals surface area contributed by atoms with Gasteiger partial charge in [0.25, 0.3) is 0 Å². The van der Waals surface area contributed by atoms with Crippen molar-refractivity contribution in [2.45, 2.75) is 38.7 Å². The number of hydrogen-bond donors (Lipinski definition) is 1. The number of nitrogens with one attached hydrogen (secondary N) is 1. The van der Waals surface area contributed by atoms with Crippen LogP contribution < -0.4 is 9.47 Å². The van der Waals surface area contributed by atoms with Gasteiger partial charge in [0, 0.05) is 18.7 Å². The molecule has 2 aliphatic rings. The highest BCUT2D eigenvalue weighted by Gasteiger charge is 2.40. The highest BCUT2D eigenvalue weighted by atomic mass is 19.4. The van der Waals surface area contributed by atoms with E-state index in [4.69, 9.17) is 14.9 Å². The van der Waals surface area contributed by atoms with Crippen LogP contribution in [0.1, 0.15) is 42.0 Å². The zero-order valence-electron chi connectivity index (χ0n) is 20.5. The number of alkyl halides is 6. The van der Waals surface area contributed by atoms with E-state index in [1.165, 1.54) is 18.1 Å². The number of rotatable bonds is 8. The zero-order valence-corrected chi connectivity index (χ0v) is 20.5. The maximum absolute atomic E-state index is 13.5. The van der Waals surface area contributed by atoms with Gasteiger partial charge in [-0.15, -0.1) is 0 Å². The number of nitrogens with zero attached hydrogens (tertiary/aromatic N) is 2. The molecule has 2 aromatic carbocycles.